The Bertz CT molecular complexity index is 269. The van der Waals surface area contributed by atoms with Crippen molar-refractivity contribution in [1.29, 1.82) is 0 Å². The molecule has 2 nitrogen and oxygen atoms in total. The first-order valence-corrected chi connectivity index (χ1v) is 4.71. The Hall–Kier alpha value is -0.630. The Labute approximate surface area is 77.0 Å². The third-order valence-electron chi connectivity index (χ3n) is 2.43. The van der Waals surface area contributed by atoms with Gasteiger partial charge >= 0.3 is 0 Å². The highest BCUT2D eigenvalue weighted by atomic mass is 35.5. The quantitative estimate of drug-likeness (QED) is 0.625. The lowest BCUT2D eigenvalue weighted by molar-refractivity contribution is 0.694. The van der Waals surface area contributed by atoms with E-state index in [1.807, 2.05) is 6.07 Å². The molecule has 1 saturated carbocycles. The zero-order valence-electron chi connectivity index (χ0n) is 6.83. The highest BCUT2D eigenvalue weighted by Crippen LogP contribution is 2.33. The first kappa shape index (κ1) is 7.99. The Balaban J connectivity index is 2.21. The fourth-order valence-electron chi connectivity index (χ4n) is 1.79. The second-order valence-electron chi connectivity index (χ2n) is 3.25. The predicted molar refractivity (Wildman–Crippen MR) is 48.3 cm³/mol. The Morgan fingerprint density at radius 2 is 2.00 bits per heavy atom. The van der Waals surface area contributed by atoms with Crippen LogP contribution in [0.3, 0.4) is 0 Å². The summed E-state index contributed by atoms with van der Waals surface area (Å²) in [5.74, 6) is 0.630. The van der Waals surface area contributed by atoms with E-state index in [1.54, 1.807) is 6.33 Å². The molecule has 0 unspecified atom stereocenters. The normalized spacial score (nSPS) is 18.4. The van der Waals surface area contributed by atoms with Gasteiger partial charge in [0.05, 0.1) is 0 Å². The summed E-state index contributed by atoms with van der Waals surface area (Å²) in [6.45, 7) is 0. The predicted octanol–water partition coefficient (Wildman–Crippen LogP) is 2.79. The van der Waals surface area contributed by atoms with Crippen LogP contribution in [0.1, 0.15) is 37.3 Å². The van der Waals surface area contributed by atoms with E-state index in [-0.39, 0.29) is 0 Å². The Morgan fingerprint density at radius 1 is 1.25 bits per heavy atom. The van der Waals surface area contributed by atoms with E-state index in [2.05, 4.69) is 9.97 Å². The van der Waals surface area contributed by atoms with Crippen LogP contribution in [0.5, 0.6) is 0 Å². The number of halogens is 1. The van der Waals surface area contributed by atoms with Gasteiger partial charge in [0.15, 0.2) is 0 Å². The van der Waals surface area contributed by atoms with Crippen molar-refractivity contribution in [3.63, 3.8) is 0 Å². The third-order valence-corrected chi connectivity index (χ3v) is 2.64. The van der Waals surface area contributed by atoms with Crippen LogP contribution < -0.4 is 0 Å². The van der Waals surface area contributed by atoms with E-state index in [0.717, 1.165) is 5.69 Å². The van der Waals surface area contributed by atoms with Gasteiger partial charge in [-0.1, -0.05) is 24.4 Å². The molecule has 0 saturated heterocycles. The van der Waals surface area contributed by atoms with Crippen molar-refractivity contribution < 1.29 is 0 Å². The van der Waals surface area contributed by atoms with Gasteiger partial charge in [0.2, 0.25) is 0 Å². The molecule has 0 aliphatic heterocycles. The molecule has 0 radical (unpaired) electrons. The molecule has 2 rings (SSSR count). The van der Waals surface area contributed by atoms with Crippen molar-refractivity contribution in [3.05, 3.63) is 23.2 Å². The molecule has 0 bridgehead atoms. The molecule has 1 aliphatic carbocycles. The van der Waals surface area contributed by atoms with Crippen LogP contribution in [0, 0.1) is 0 Å². The second-order valence-corrected chi connectivity index (χ2v) is 3.63. The van der Waals surface area contributed by atoms with Gasteiger partial charge in [-0.25, -0.2) is 9.97 Å². The highest BCUT2D eigenvalue weighted by molar-refractivity contribution is 6.29. The molecule has 64 valence electrons. The first-order chi connectivity index (χ1) is 5.86. The molecule has 1 aromatic rings. The van der Waals surface area contributed by atoms with Crippen LogP contribution in [-0.2, 0) is 0 Å². The summed E-state index contributed by atoms with van der Waals surface area (Å²) in [7, 11) is 0. The average molecular weight is 183 g/mol. The number of nitrogens with zero attached hydrogens (tertiary/aromatic N) is 2. The molecule has 0 amide bonds. The van der Waals surface area contributed by atoms with Crippen LogP contribution in [0.4, 0.5) is 0 Å². The van der Waals surface area contributed by atoms with E-state index in [1.165, 1.54) is 25.7 Å². The van der Waals surface area contributed by atoms with Gasteiger partial charge < -0.3 is 0 Å². The molecule has 1 fully saturated rings. The molecule has 1 aromatic heterocycles. The monoisotopic (exact) mass is 182 g/mol. The molecule has 1 aliphatic rings. The summed E-state index contributed by atoms with van der Waals surface area (Å²) in [6, 6.07) is 1.89. The lowest BCUT2D eigenvalue weighted by atomic mass is 10.0. The maximum atomic E-state index is 5.77. The minimum Gasteiger partial charge on any atom is -0.241 e. The summed E-state index contributed by atoms with van der Waals surface area (Å²) in [4.78, 5) is 8.09. The molecule has 1 heterocycles. The lowest BCUT2D eigenvalue weighted by Gasteiger charge is -2.06. The summed E-state index contributed by atoms with van der Waals surface area (Å²) < 4.78 is 0. The van der Waals surface area contributed by atoms with Gasteiger partial charge in [0.1, 0.15) is 11.5 Å². The zero-order valence-corrected chi connectivity index (χ0v) is 7.59. The standard InChI is InChI=1S/C9H11ClN2/c10-9-5-8(11-6-12-9)7-3-1-2-4-7/h5-7H,1-4H2. The van der Waals surface area contributed by atoms with Crippen LogP contribution in [0.15, 0.2) is 12.4 Å². The van der Waals surface area contributed by atoms with Gasteiger partial charge in [0, 0.05) is 11.6 Å². The van der Waals surface area contributed by atoms with E-state index in [4.69, 9.17) is 11.6 Å². The fraction of sp³-hybridized carbons (Fsp3) is 0.556. The summed E-state index contributed by atoms with van der Waals surface area (Å²) >= 11 is 5.77. The van der Waals surface area contributed by atoms with E-state index in [0.29, 0.717) is 11.1 Å². The number of hydrogen-bond acceptors (Lipinski definition) is 2. The minimum atomic E-state index is 0.562. The smallest absolute Gasteiger partial charge is 0.132 e. The van der Waals surface area contributed by atoms with Gasteiger partial charge in [0.25, 0.3) is 0 Å². The van der Waals surface area contributed by atoms with E-state index in [9.17, 15) is 0 Å². The first-order valence-electron chi connectivity index (χ1n) is 4.34. The summed E-state index contributed by atoms with van der Waals surface area (Å²) in [5.41, 5.74) is 1.12. The minimum absolute atomic E-state index is 0.562. The van der Waals surface area contributed by atoms with Gasteiger partial charge in [-0.15, -0.1) is 0 Å². The third kappa shape index (κ3) is 1.58. The maximum Gasteiger partial charge on any atom is 0.132 e. The van der Waals surface area contributed by atoms with Crippen molar-refractivity contribution in [3.8, 4) is 0 Å². The van der Waals surface area contributed by atoms with Crippen LogP contribution in [-0.4, -0.2) is 9.97 Å². The molecule has 0 aromatic carbocycles. The molecular formula is C9H11ClN2. The van der Waals surface area contributed by atoms with E-state index < -0.39 is 0 Å². The van der Waals surface area contributed by atoms with Crippen molar-refractivity contribution in [2.75, 3.05) is 0 Å². The maximum absolute atomic E-state index is 5.77. The second kappa shape index (κ2) is 3.40. The lowest BCUT2D eigenvalue weighted by Crippen LogP contribution is -1.96. The molecule has 0 atom stereocenters. The van der Waals surface area contributed by atoms with Crippen LogP contribution in [0.2, 0.25) is 5.15 Å². The Kier molecular flexibility index (Phi) is 2.26. The highest BCUT2D eigenvalue weighted by Gasteiger charge is 2.18. The molecule has 12 heavy (non-hydrogen) atoms. The number of hydrogen-bond donors (Lipinski definition) is 0. The van der Waals surface area contributed by atoms with Gasteiger partial charge in [-0.3, -0.25) is 0 Å². The SMILES string of the molecule is Clc1cc(C2CCCC2)ncn1. The van der Waals surface area contributed by atoms with E-state index >= 15 is 0 Å². The molecular weight excluding hydrogens is 172 g/mol. The topological polar surface area (TPSA) is 25.8 Å². The number of rotatable bonds is 1. The van der Waals surface area contributed by atoms with Crippen LogP contribution in [0.25, 0.3) is 0 Å². The fourth-order valence-corrected chi connectivity index (χ4v) is 1.95. The van der Waals surface area contributed by atoms with Crippen molar-refractivity contribution in [2.24, 2.45) is 0 Å². The molecule has 3 heteroatoms. The van der Waals surface area contributed by atoms with Crippen molar-refractivity contribution >= 4 is 11.6 Å². The van der Waals surface area contributed by atoms with Gasteiger partial charge in [-0.05, 0) is 18.9 Å². The Morgan fingerprint density at radius 3 is 2.67 bits per heavy atom. The molecule has 0 spiro atoms. The van der Waals surface area contributed by atoms with Gasteiger partial charge in [-0.2, -0.15) is 0 Å². The molecule has 0 N–H and O–H groups in total. The average Bonchev–Trinajstić information content (AvgIpc) is 2.56. The van der Waals surface area contributed by atoms with Crippen LogP contribution >= 0.6 is 11.6 Å². The van der Waals surface area contributed by atoms with Crippen molar-refractivity contribution in [2.45, 2.75) is 31.6 Å². The summed E-state index contributed by atoms with van der Waals surface area (Å²) in [6.07, 6.45) is 6.72. The van der Waals surface area contributed by atoms with Crippen molar-refractivity contribution in [1.82, 2.24) is 9.97 Å². The summed E-state index contributed by atoms with van der Waals surface area (Å²) in [5, 5.41) is 0.562. The zero-order chi connectivity index (χ0) is 8.39. The number of aromatic nitrogens is 2. The largest absolute Gasteiger partial charge is 0.241 e.